The van der Waals surface area contributed by atoms with E-state index in [4.69, 9.17) is 0 Å². The highest BCUT2D eigenvalue weighted by Gasteiger charge is 2.57. The first kappa shape index (κ1) is 8.46. The summed E-state index contributed by atoms with van der Waals surface area (Å²) >= 11 is 0. The summed E-state index contributed by atoms with van der Waals surface area (Å²) in [5, 5.41) is 3.31. The maximum atomic E-state index is 11.6. The van der Waals surface area contributed by atoms with Crippen molar-refractivity contribution in [1.82, 2.24) is 10.2 Å². The van der Waals surface area contributed by atoms with E-state index in [1.807, 2.05) is 14.1 Å². The molecule has 2 saturated heterocycles. The van der Waals surface area contributed by atoms with E-state index in [1.165, 1.54) is 0 Å². The zero-order chi connectivity index (χ0) is 8.88. The van der Waals surface area contributed by atoms with Gasteiger partial charge >= 0.3 is 0 Å². The highest BCUT2D eigenvalue weighted by atomic mass is 31.1. The van der Waals surface area contributed by atoms with Crippen LogP contribution < -0.4 is 5.32 Å². The van der Waals surface area contributed by atoms with Crippen molar-refractivity contribution in [3.05, 3.63) is 0 Å². The van der Waals surface area contributed by atoms with Crippen molar-refractivity contribution in [2.24, 2.45) is 0 Å². The molecule has 4 unspecified atom stereocenters. The number of fused-ring (bicyclic) bond motifs is 1. The molecule has 0 aliphatic carbocycles. The SMILES string of the molecule is CC1C2C(C(=O)N(C)C)NCP12. The number of nitrogens with zero attached hydrogens (tertiary/aromatic N) is 1. The molecule has 2 rings (SSSR count). The molecule has 68 valence electrons. The molecule has 0 aromatic rings. The van der Waals surface area contributed by atoms with Crippen LogP contribution in [-0.4, -0.2) is 48.5 Å². The molecule has 2 fully saturated rings. The van der Waals surface area contributed by atoms with Crippen molar-refractivity contribution >= 4 is 13.8 Å². The Hall–Kier alpha value is -0.140. The lowest BCUT2D eigenvalue weighted by Crippen LogP contribution is -2.45. The predicted molar refractivity (Wildman–Crippen MR) is 50.7 cm³/mol. The van der Waals surface area contributed by atoms with Crippen LogP contribution in [0.4, 0.5) is 0 Å². The average molecular weight is 186 g/mol. The van der Waals surface area contributed by atoms with Gasteiger partial charge in [0.1, 0.15) is 0 Å². The van der Waals surface area contributed by atoms with Gasteiger partial charge in [0.2, 0.25) is 5.91 Å². The van der Waals surface area contributed by atoms with Gasteiger partial charge in [-0.05, 0) is 5.66 Å². The van der Waals surface area contributed by atoms with Crippen molar-refractivity contribution in [2.75, 3.05) is 20.4 Å². The number of carbonyl (C=O) groups is 1. The van der Waals surface area contributed by atoms with Crippen molar-refractivity contribution in [1.29, 1.82) is 0 Å². The van der Waals surface area contributed by atoms with Crippen LogP contribution in [0.1, 0.15) is 6.92 Å². The minimum absolute atomic E-state index is 0.140. The number of amides is 1. The quantitative estimate of drug-likeness (QED) is 0.596. The summed E-state index contributed by atoms with van der Waals surface area (Å²) in [7, 11) is 3.85. The van der Waals surface area contributed by atoms with E-state index in [9.17, 15) is 4.79 Å². The molecule has 0 spiro atoms. The van der Waals surface area contributed by atoms with Crippen LogP contribution in [0.5, 0.6) is 0 Å². The molecule has 0 bridgehead atoms. The highest BCUT2D eigenvalue weighted by Crippen LogP contribution is 2.69. The Morgan fingerprint density at radius 2 is 2.25 bits per heavy atom. The van der Waals surface area contributed by atoms with Crippen molar-refractivity contribution < 1.29 is 4.79 Å². The summed E-state index contributed by atoms with van der Waals surface area (Å²) in [5.41, 5.74) is 1.52. The monoisotopic (exact) mass is 186 g/mol. The van der Waals surface area contributed by atoms with Crippen LogP contribution in [0.15, 0.2) is 0 Å². The number of rotatable bonds is 1. The standard InChI is InChI=1S/C8H15N2OP/c1-5-7-6(8(11)10(2)3)9-4-12(5)7/h5-7,9H,4H2,1-3H3. The summed E-state index contributed by atoms with van der Waals surface area (Å²) in [6.45, 7) is 2.27. The maximum absolute atomic E-state index is 11.6. The Kier molecular flexibility index (Phi) is 1.89. The fourth-order valence-electron chi connectivity index (χ4n) is 1.99. The van der Waals surface area contributed by atoms with Gasteiger partial charge in [-0.3, -0.25) is 4.79 Å². The third-order valence-electron chi connectivity index (χ3n) is 2.85. The van der Waals surface area contributed by atoms with E-state index >= 15 is 0 Å². The minimum Gasteiger partial charge on any atom is -0.347 e. The van der Waals surface area contributed by atoms with Gasteiger partial charge in [0.25, 0.3) is 0 Å². The fourth-order valence-corrected chi connectivity index (χ4v) is 4.84. The Balaban J connectivity index is 2.02. The minimum atomic E-state index is 0.140. The molecule has 3 nitrogen and oxygen atoms in total. The Bertz CT molecular complexity index is 219. The van der Waals surface area contributed by atoms with E-state index in [0.717, 1.165) is 11.9 Å². The Labute approximate surface area is 74.3 Å². The molecule has 0 aromatic carbocycles. The lowest BCUT2D eigenvalue weighted by molar-refractivity contribution is -0.130. The molecule has 2 aliphatic rings. The molecule has 4 atom stereocenters. The predicted octanol–water partition coefficient (Wildman–Crippen LogP) is 0.256. The van der Waals surface area contributed by atoms with Gasteiger partial charge in [-0.1, -0.05) is 14.8 Å². The molecule has 1 N–H and O–H groups in total. The van der Waals surface area contributed by atoms with E-state index in [-0.39, 0.29) is 19.9 Å². The molecular weight excluding hydrogens is 171 g/mol. The van der Waals surface area contributed by atoms with E-state index in [1.54, 1.807) is 4.90 Å². The van der Waals surface area contributed by atoms with Crippen LogP contribution in [-0.2, 0) is 4.79 Å². The van der Waals surface area contributed by atoms with Gasteiger partial charge < -0.3 is 10.2 Å². The van der Waals surface area contributed by atoms with Crippen LogP contribution in [0.25, 0.3) is 0 Å². The summed E-state index contributed by atoms with van der Waals surface area (Å²) in [4.78, 5) is 13.3. The fraction of sp³-hybridized carbons (Fsp3) is 0.875. The van der Waals surface area contributed by atoms with Crippen LogP contribution >= 0.6 is 7.92 Å². The summed E-state index contributed by atoms with van der Waals surface area (Å²) in [6.07, 6.45) is 1.10. The number of likely N-dealkylation sites (N-methyl/N-ethyl adjacent to an activating group) is 1. The van der Waals surface area contributed by atoms with E-state index in [2.05, 4.69) is 12.2 Å². The molecule has 2 aliphatic heterocycles. The first-order chi connectivity index (χ1) is 5.63. The zero-order valence-electron chi connectivity index (χ0n) is 7.74. The van der Waals surface area contributed by atoms with Gasteiger partial charge in [0.15, 0.2) is 0 Å². The van der Waals surface area contributed by atoms with Crippen molar-refractivity contribution in [3.8, 4) is 0 Å². The van der Waals surface area contributed by atoms with Crippen LogP contribution in [0.3, 0.4) is 0 Å². The number of nitrogens with one attached hydrogen (secondary N) is 1. The van der Waals surface area contributed by atoms with Gasteiger partial charge in [0, 0.05) is 26.0 Å². The second-order valence-corrected chi connectivity index (χ2v) is 6.57. The molecule has 4 heteroatoms. The molecular formula is C8H15N2OP. The van der Waals surface area contributed by atoms with Crippen LogP contribution in [0.2, 0.25) is 0 Å². The summed E-state index contributed by atoms with van der Waals surface area (Å²) < 4.78 is 0. The molecule has 2 heterocycles. The second kappa shape index (κ2) is 2.68. The van der Waals surface area contributed by atoms with Crippen molar-refractivity contribution in [2.45, 2.75) is 24.3 Å². The van der Waals surface area contributed by atoms with Gasteiger partial charge in [-0.25, -0.2) is 0 Å². The molecule has 0 radical (unpaired) electrons. The van der Waals surface area contributed by atoms with Gasteiger partial charge in [0.05, 0.1) is 6.04 Å². The Morgan fingerprint density at radius 1 is 1.58 bits per heavy atom. The lowest BCUT2D eigenvalue weighted by atomic mass is 10.1. The molecule has 0 saturated carbocycles. The smallest absolute Gasteiger partial charge is 0.239 e. The normalized spacial score (nSPS) is 43.9. The number of carbonyl (C=O) groups excluding carboxylic acids is 1. The Morgan fingerprint density at radius 3 is 2.67 bits per heavy atom. The summed E-state index contributed by atoms with van der Waals surface area (Å²) in [6, 6.07) is 0.140. The second-order valence-electron chi connectivity index (χ2n) is 3.82. The first-order valence-corrected chi connectivity index (χ1v) is 5.99. The highest BCUT2D eigenvalue weighted by molar-refractivity contribution is 7.67. The maximum Gasteiger partial charge on any atom is 0.239 e. The third-order valence-corrected chi connectivity index (χ3v) is 5.93. The largest absolute Gasteiger partial charge is 0.347 e. The number of hydrogen-bond donors (Lipinski definition) is 1. The average Bonchev–Trinajstić information content (AvgIpc) is 2.47. The summed E-state index contributed by atoms with van der Waals surface area (Å²) in [5.74, 6) is 0.259. The van der Waals surface area contributed by atoms with E-state index in [0.29, 0.717) is 5.66 Å². The van der Waals surface area contributed by atoms with Gasteiger partial charge in [-0.2, -0.15) is 0 Å². The van der Waals surface area contributed by atoms with Gasteiger partial charge in [-0.15, -0.1) is 0 Å². The first-order valence-electron chi connectivity index (χ1n) is 4.33. The van der Waals surface area contributed by atoms with Crippen LogP contribution in [0, 0.1) is 0 Å². The topological polar surface area (TPSA) is 32.3 Å². The van der Waals surface area contributed by atoms with Crippen molar-refractivity contribution in [3.63, 3.8) is 0 Å². The molecule has 12 heavy (non-hydrogen) atoms. The lowest BCUT2D eigenvalue weighted by Gasteiger charge is -2.18. The molecule has 0 aromatic heterocycles. The van der Waals surface area contributed by atoms with E-state index < -0.39 is 0 Å². The third kappa shape index (κ3) is 1.07. The zero-order valence-corrected chi connectivity index (χ0v) is 8.64. The molecule has 1 amide bonds. The number of hydrogen-bond acceptors (Lipinski definition) is 2.